The van der Waals surface area contributed by atoms with Gasteiger partial charge in [-0.3, -0.25) is 4.79 Å². The van der Waals surface area contributed by atoms with E-state index in [1.165, 1.54) is 18.2 Å². The lowest BCUT2D eigenvalue weighted by Crippen LogP contribution is -2.30. The Kier molecular flexibility index (Phi) is 4.70. The second-order valence-corrected chi connectivity index (χ2v) is 6.72. The minimum atomic E-state index is -4.44. The van der Waals surface area contributed by atoms with Crippen molar-refractivity contribution >= 4 is 23.1 Å². The van der Waals surface area contributed by atoms with Crippen LogP contribution in [0.1, 0.15) is 27.4 Å². The molecule has 1 aliphatic rings. The van der Waals surface area contributed by atoms with E-state index in [0.29, 0.717) is 12.4 Å². The highest BCUT2D eigenvalue weighted by atomic mass is 19.4. The maximum Gasteiger partial charge on any atom is 0.416 e. The molecule has 1 aliphatic heterocycles. The third-order valence-corrected chi connectivity index (χ3v) is 4.65. The topological polar surface area (TPSA) is 58.1 Å². The zero-order valence-corrected chi connectivity index (χ0v) is 15.5. The number of alkyl halides is 3. The van der Waals surface area contributed by atoms with Crippen molar-refractivity contribution in [2.24, 2.45) is 0 Å². The standard InChI is InChI=1S/C21H17F3N4O/c1-13-25-17(20(29)28-10-9-14-5-2-3-8-18(14)28)12-19(26-13)27-16-7-4-6-15(11-16)21(22,23)24/h2-8,11-12H,9-10H2,1H3,(H,25,26,27). The van der Waals surface area contributed by atoms with Gasteiger partial charge >= 0.3 is 6.18 Å². The van der Waals surface area contributed by atoms with E-state index in [1.807, 2.05) is 24.3 Å². The molecular formula is C21H17F3N4O. The molecule has 0 bridgehead atoms. The van der Waals surface area contributed by atoms with Crippen LogP contribution in [0.5, 0.6) is 0 Å². The van der Waals surface area contributed by atoms with Crippen molar-refractivity contribution in [3.63, 3.8) is 0 Å². The summed E-state index contributed by atoms with van der Waals surface area (Å²) in [5.41, 5.74) is 1.58. The van der Waals surface area contributed by atoms with Gasteiger partial charge in [-0.15, -0.1) is 0 Å². The fourth-order valence-electron chi connectivity index (χ4n) is 3.35. The SMILES string of the molecule is Cc1nc(Nc2cccc(C(F)(F)F)c2)cc(C(=O)N2CCc3ccccc32)n1. The van der Waals surface area contributed by atoms with Crippen LogP contribution in [-0.4, -0.2) is 22.4 Å². The summed E-state index contributed by atoms with van der Waals surface area (Å²) in [5.74, 6) is 0.331. The number of hydrogen-bond acceptors (Lipinski definition) is 4. The molecule has 1 aromatic heterocycles. The van der Waals surface area contributed by atoms with Gasteiger partial charge in [-0.2, -0.15) is 13.2 Å². The van der Waals surface area contributed by atoms with Crippen LogP contribution in [0.25, 0.3) is 0 Å². The van der Waals surface area contributed by atoms with Crippen LogP contribution in [0.2, 0.25) is 0 Å². The van der Waals surface area contributed by atoms with Gasteiger partial charge < -0.3 is 10.2 Å². The monoisotopic (exact) mass is 398 g/mol. The quantitative estimate of drug-likeness (QED) is 0.692. The first-order chi connectivity index (χ1) is 13.8. The van der Waals surface area contributed by atoms with Crippen molar-refractivity contribution in [2.75, 3.05) is 16.8 Å². The summed E-state index contributed by atoms with van der Waals surface area (Å²) in [6.45, 7) is 2.18. The van der Waals surface area contributed by atoms with Crippen LogP contribution in [0.3, 0.4) is 0 Å². The molecular weight excluding hydrogens is 381 g/mol. The van der Waals surface area contributed by atoms with Gasteiger partial charge in [0.15, 0.2) is 0 Å². The Bertz CT molecular complexity index is 1080. The highest BCUT2D eigenvalue weighted by Gasteiger charge is 2.30. The number of carbonyl (C=O) groups excluding carboxylic acids is 1. The normalized spacial score (nSPS) is 13.3. The molecule has 2 heterocycles. The maximum atomic E-state index is 13.0. The Morgan fingerprint density at radius 2 is 1.86 bits per heavy atom. The number of nitrogens with zero attached hydrogens (tertiary/aromatic N) is 3. The Hall–Kier alpha value is -3.42. The van der Waals surface area contributed by atoms with Crippen molar-refractivity contribution in [1.82, 2.24) is 9.97 Å². The molecule has 3 aromatic rings. The third kappa shape index (κ3) is 3.91. The number of para-hydroxylation sites is 1. The average molecular weight is 398 g/mol. The van der Waals surface area contributed by atoms with E-state index in [1.54, 1.807) is 11.8 Å². The molecule has 0 fully saturated rings. The first-order valence-electron chi connectivity index (χ1n) is 9.01. The molecule has 0 atom stereocenters. The fourth-order valence-corrected chi connectivity index (χ4v) is 3.35. The summed E-state index contributed by atoms with van der Waals surface area (Å²) in [7, 11) is 0. The number of hydrogen-bond donors (Lipinski definition) is 1. The molecule has 8 heteroatoms. The van der Waals surface area contributed by atoms with Crippen molar-refractivity contribution < 1.29 is 18.0 Å². The van der Waals surface area contributed by atoms with E-state index in [-0.39, 0.29) is 23.1 Å². The van der Waals surface area contributed by atoms with Crippen LogP contribution in [0, 0.1) is 6.92 Å². The molecule has 4 rings (SSSR count). The van der Waals surface area contributed by atoms with Gasteiger partial charge in [-0.05, 0) is 43.2 Å². The van der Waals surface area contributed by atoms with E-state index in [9.17, 15) is 18.0 Å². The summed E-state index contributed by atoms with van der Waals surface area (Å²) >= 11 is 0. The van der Waals surface area contributed by atoms with Crippen molar-refractivity contribution in [2.45, 2.75) is 19.5 Å². The third-order valence-electron chi connectivity index (χ3n) is 4.65. The van der Waals surface area contributed by atoms with Crippen LogP contribution in [0.4, 0.5) is 30.4 Å². The number of rotatable bonds is 3. The number of amides is 1. The Morgan fingerprint density at radius 3 is 2.66 bits per heavy atom. The summed E-state index contributed by atoms with van der Waals surface area (Å²) in [5, 5.41) is 2.84. The van der Waals surface area contributed by atoms with E-state index in [4.69, 9.17) is 0 Å². The molecule has 0 spiro atoms. The average Bonchev–Trinajstić information content (AvgIpc) is 3.10. The van der Waals surface area contributed by atoms with Gasteiger partial charge in [0.25, 0.3) is 5.91 Å². The van der Waals surface area contributed by atoms with Crippen molar-refractivity contribution in [1.29, 1.82) is 0 Å². The zero-order valence-electron chi connectivity index (χ0n) is 15.5. The second kappa shape index (κ2) is 7.20. The highest BCUT2D eigenvalue weighted by Crippen LogP contribution is 2.32. The van der Waals surface area contributed by atoms with Gasteiger partial charge in [0.1, 0.15) is 17.3 Å². The zero-order chi connectivity index (χ0) is 20.6. The van der Waals surface area contributed by atoms with Crippen LogP contribution >= 0.6 is 0 Å². The minimum absolute atomic E-state index is 0.184. The Morgan fingerprint density at radius 1 is 1.07 bits per heavy atom. The van der Waals surface area contributed by atoms with E-state index in [0.717, 1.165) is 29.8 Å². The van der Waals surface area contributed by atoms with E-state index >= 15 is 0 Å². The summed E-state index contributed by atoms with van der Waals surface area (Å²) in [6.07, 6.45) is -3.68. The van der Waals surface area contributed by atoms with Crippen molar-refractivity contribution in [3.05, 3.63) is 77.2 Å². The number of nitrogens with one attached hydrogen (secondary N) is 1. The molecule has 2 aromatic carbocycles. The molecule has 1 N–H and O–H groups in total. The van der Waals surface area contributed by atoms with E-state index in [2.05, 4.69) is 15.3 Å². The number of carbonyl (C=O) groups is 1. The number of aryl methyl sites for hydroxylation is 1. The second-order valence-electron chi connectivity index (χ2n) is 6.72. The molecule has 0 saturated carbocycles. The number of fused-ring (bicyclic) bond motifs is 1. The maximum absolute atomic E-state index is 13.0. The highest BCUT2D eigenvalue weighted by molar-refractivity contribution is 6.06. The molecule has 0 aliphatic carbocycles. The lowest BCUT2D eigenvalue weighted by atomic mass is 10.2. The van der Waals surface area contributed by atoms with Gasteiger partial charge in [0.05, 0.1) is 5.56 Å². The fraction of sp³-hybridized carbons (Fsp3) is 0.190. The largest absolute Gasteiger partial charge is 0.416 e. The molecule has 0 radical (unpaired) electrons. The molecule has 5 nitrogen and oxygen atoms in total. The first-order valence-corrected chi connectivity index (χ1v) is 9.01. The molecule has 29 heavy (non-hydrogen) atoms. The number of halogens is 3. The van der Waals surface area contributed by atoms with Gasteiger partial charge in [0.2, 0.25) is 0 Å². The van der Waals surface area contributed by atoms with Crippen molar-refractivity contribution in [3.8, 4) is 0 Å². The molecule has 0 saturated heterocycles. The van der Waals surface area contributed by atoms with E-state index < -0.39 is 11.7 Å². The number of aromatic nitrogens is 2. The Balaban J connectivity index is 1.61. The smallest absolute Gasteiger partial charge is 0.340 e. The number of anilines is 3. The van der Waals surface area contributed by atoms with Crippen LogP contribution in [-0.2, 0) is 12.6 Å². The lowest BCUT2D eigenvalue weighted by molar-refractivity contribution is -0.137. The summed E-state index contributed by atoms with van der Waals surface area (Å²) < 4.78 is 38.8. The van der Waals surface area contributed by atoms with Crippen LogP contribution in [0.15, 0.2) is 54.6 Å². The first kappa shape index (κ1) is 18.9. The molecule has 1 amide bonds. The molecule has 148 valence electrons. The number of benzene rings is 2. The summed E-state index contributed by atoms with van der Waals surface area (Å²) in [4.78, 5) is 23.1. The van der Waals surface area contributed by atoms with Crippen LogP contribution < -0.4 is 10.2 Å². The predicted molar refractivity (Wildman–Crippen MR) is 103 cm³/mol. The van der Waals surface area contributed by atoms with Gasteiger partial charge in [-0.25, -0.2) is 9.97 Å². The summed E-state index contributed by atoms with van der Waals surface area (Å²) in [6, 6.07) is 13.9. The molecule has 0 unspecified atom stereocenters. The Labute approximate surface area is 165 Å². The van der Waals surface area contributed by atoms with Gasteiger partial charge in [-0.1, -0.05) is 24.3 Å². The lowest BCUT2D eigenvalue weighted by Gasteiger charge is -2.17. The van der Waals surface area contributed by atoms with Gasteiger partial charge in [0, 0.05) is 24.0 Å². The minimum Gasteiger partial charge on any atom is -0.340 e. The predicted octanol–water partition coefficient (Wildman–Crippen LogP) is 4.75.